The molecule has 1 saturated heterocycles. The Balaban J connectivity index is 0.000000921. The van der Waals surface area contributed by atoms with E-state index in [1.54, 1.807) is 0 Å². The van der Waals surface area contributed by atoms with Crippen molar-refractivity contribution >= 4 is 5.91 Å². The number of alkyl halides is 3. The Labute approximate surface area is 88.4 Å². The number of piperidine rings is 1. The molecule has 1 aliphatic rings. The van der Waals surface area contributed by atoms with Gasteiger partial charge in [-0.25, -0.2) is 0 Å². The van der Waals surface area contributed by atoms with Gasteiger partial charge < -0.3 is 4.90 Å². The fourth-order valence-electron chi connectivity index (χ4n) is 1.52. The maximum Gasteiger partial charge on any atom is 0.391 e. The van der Waals surface area contributed by atoms with Crippen molar-refractivity contribution < 1.29 is 18.0 Å². The lowest BCUT2D eigenvalue weighted by Crippen LogP contribution is -2.41. The molecule has 15 heavy (non-hydrogen) atoms. The predicted molar refractivity (Wildman–Crippen MR) is 52.4 cm³/mol. The minimum atomic E-state index is -4.09. The molecule has 0 atom stereocenters. The third-order valence-electron chi connectivity index (χ3n) is 2.40. The minimum Gasteiger partial charge on any atom is -0.343 e. The lowest BCUT2D eigenvalue weighted by atomic mass is 9.96. The highest BCUT2D eigenvalue weighted by molar-refractivity contribution is 5.73. The molecule has 0 aromatic heterocycles. The van der Waals surface area contributed by atoms with Gasteiger partial charge >= 0.3 is 6.18 Å². The van der Waals surface area contributed by atoms with Crippen LogP contribution in [0.15, 0.2) is 0 Å². The highest BCUT2D eigenvalue weighted by Crippen LogP contribution is 2.33. The van der Waals surface area contributed by atoms with Gasteiger partial charge in [0.05, 0.1) is 5.92 Å². The fraction of sp³-hybridized carbons (Fsp3) is 0.900. The number of carbonyl (C=O) groups is 1. The molecule has 0 aromatic carbocycles. The van der Waals surface area contributed by atoms with Crippen molar-refractivity contribution in [2.24, 2.45) is 5.92 Å². The summed E-state index contributed by atoms with van der Waals surface area (Å²) in [6.07, 6.45) is -4.00. The zero-order valence-electron chi connectivity index (χ0n) is 9.40. The summed E-state index contributed by atoms with van der Waals surface area (Å²) in [5.74, 6) is -1.36. The summed E-state index contributed by atoms with van der Waals surface area (Å²) in [7, 11) is 0. The molecule has 0 aliphatic carbocycles. The van der Waals surface area contributed by atoms with E-state index in [0.29, 0.717) is 0 Å². The zero-order chi connectivity index (χ0) is 12.1. The Morgan fingerprint density at radius 2 is 1.60 bits per heavy atom. The van der Waals surface area contributed by atoms with Crippen molar-refractivity contribution in [3.8, 4) is 0 Å². The predicted octanol–water partition coefficient (Wildman–Crippen LogP) is 2.83. The summed E-state index contributed by atoms with van der Waals surface area (Å²) in [6, 6.07) is 0. The molecule has 0 radical (unpaired) electrons. The van der Waals surface area contributed by atoms with Crippen molar-refractivity contribution in [3.05, 3.63) is 0 Å². The Bertz CT molecular complexity index is 195. The van der Waals surface area contributed by atoms with Crippen molar-refractivity contribution in [2.45, 2.75) is 39.8 Å². The van der Waals surface area contributed by atoms with Crippen LogP contribution in [0.5, 0.6) is 0 Å². The lowest BCUT2D eigenvalue weighted by Gasteiger charge is -2.32. The van der Waals surface area contributed by atoms with Crippen LogP contribution in [-0.2, 0) is 4.79 Å². The molecule has 0 N–H and O–H groups in total. The first-order valence-corrected chi connectivity index (χ1v) is 5.23. The average Bonchev–Trinajstić information content (AvgIpc) is 2.20. The van der Waals surface area contributed by atoms with Crippen LogP contribution in [0.3, 0.4) is 0 Å². The van der Waals surface area contributed by atoms with Gasteiger partial charge in [-0.3, -0.25) is 4.79 Å². The largest absolute Gasteiger partial charge is 0.391 e. The second-order valence-electron chi connectivity index (χ2n) is 3.32. The highest BCUT2D eigenvalue weighted by Gasteiger charge is 2.41. The van der Waals surface area contributed by atoms with Crippen LogP contribution in [0.1, 0.15) is 33.6 Å². The van der Waals surface area contributed by atoms with Gasteiger partial charge in [-0.15, -0.1) is 0 Å². The molecule has 1 rings (SSSR count). The first-order chi connectivity index (χ1) is 6.91. The molecule has 1 heterocycles. The van der Waals surface area contributed by atoms with Gasteiger partial charge in [-0.1, -0.05) is 13.8 Å². The normalized spacial score (nSPS) is 18.1. The highest BCUT2D eigenvalue weighted by atomic mass is 19.4. The van der Waals surface area contributed by atoms with Gasteiger partial charge in [0.1, 0.15) is 0 Å². The van der Waals surface area contributed by atoms with Crippen LogP contribution in [-0.4, -0.2) is 30.1 Å². The van der Waals surface area contributed by atoms with Crippen molar-refractivity contribution in [1.29, 1.82) is 0 Å². The van der Waals surface area contributed by atoms with Gasteiger partial charge in [0.15, 0.2) is 0 Å². The first-order valence-electron chi connectivity index (χ1n) is 5.23. The van der Waals surface area contributed by atoms with Gasteiger partial charge in [0.25, 0.3) is 0 Å². The molecule has 1 amide bonds. The number of hydrogen-bond donors (Lipinski definition) is 0. The number of carbonyl (C=O) groups excluding carboxylic acids is 1. The molecule has 0 saturated carbocycles. The van der Waals surface area contributed by atoms with Gasteiger partial charge in [0, 0.05) is 20.0 Å². The maximum absolute atomic E-state index is 12.2. The molecule has 0 unspecified atom stereocenters. The van der Waals surface area contributed by atoms with E-state index in [1.807, 2.05) is 13.8 Å². The maximum atomic E-state index is 12.2. The van der Waals surface area contributed by atoms with Crippen LogP contribution in [0, 0.1) is 5.92 Å². The van der Waals surface area contributed by atoms with Crippen molar-refractivity contribution in [2.75, 3.05) is 13.1 Å². The topological polar surface area (TPSA) is 20.3 Å². The summed E-state index contributed by atoms with van der Waals surface area (Å²) >= 11 is 0. The molecule has 5 heteroatoms. The Hall–Kier alpha value is -0.740. The number of nitrogens with zero attached hydrogens (tertiary/aromatic N) is 1. The van der Waals surface area contributed by atoms with Gasteiger partial charge in [-0.05, 0) is 12.8 Å². The quantitative estimate of drug-likeness (QED) is 0.620. The van der Waals surface area contributed by atoms with Gasteiger partial charge in [0.2, 0.25) is 5.91 Å². The first kappa shape index (κ1) is 14.3. The van der Waals surface area contributed by atoms with Crippen molar-refractivity contribution in [1.82, 2.24) is 4.90 Å². The second kappa shape index (κ2) is 5.98. The molecule has 0 bridgehead atoms. The van der Waals surface area contributed by atoms with Crippen LogP contribution in [0.2, 0.25) is 0 Å². The molecule has 90 valence electrons. The van der Waals surface area contributed by atoms with E-state index in [2.05, 4.69) is 0 Å². The van der Waals surface area contributed by atoms with E-state index >= 15 is 0 Å². The summed E-state index contributed by atoms with van der Waals surface area (Å²) in [4.78, 5) is 12.3. The van der Waals surface area contributed by atoms with Crippen LogP contribution < -0.4 is 0 Å². The monoisotopic (exact) mass is 225 g/mol. The molecule has 0 spiro atoms. The minimum absolute atomic E-state index is 0.0447. The number of hydrogen-bond acceptors (Lipinski definition) is 1. The van der Waals surface area contributed by atoms with Crippen LogP contribution in [0.25, 0.3) is 0 Å². The Morgan fingerprint density at radius 1 is 1.20 bits per heavy atom. The lowest BCUT2D eigenvalue weighted by molar-refractivity contribution is -0.186. The second-order valence-corrected chi connectivity index (χ2v) is 3.32. The van der Waals surface area contributed by atoms with Gasteiger partial charge in [-0.2, -0.15) is 13.2 Å². The molecule has 1 fully saturated rings. The number of rotatable bonds is 0. The number of amides is 1. The molecule has 0 aromatic rings. The van der Waals surface area contributed by atoms with E-state index in [-0.39, 0.29) is 31.8 Å². The SMILES string of the molecule is CC.CC(=O)N1CCC(C(F)(F)F)CC1. The van der Waals surface area contributed by atoms with E-state index in [0.717, 1.165) is 0 Å². The van der Waals surface area contributed by atoms with Crippen LogP contribution in [0.4, 0.5) is 13.2 Å². The third kappa shape index (κ3) is 4.53. The summed E-state index contributed by atoms with van der Waals surface area (Å²) in [6.45, 7) is 5.85. The van der Waals surface area contributed by atoms with E-state index in [9.17, 15) is 18.0 Å². The van der Waals surface area contributed by atoms with Crippen LogP contribution >= 0.6 is 0 Å². The molecular weight excluding hydrogens is 207 g/mol. The Kier molecular flexibility index (Phi) is 5.68. The number of halogens is 3. The van der Waals surface area contributed by atoms with E-state index in [4.69, 9.17) is 0 Å². The number of likely N-dealkylation sites (tertiary alicyclic amines) is 1. The third-order valence-corrected chi connectivity index (χ3v) is 2.40. The fourth-order valence-corrected chi connectivity index (χ4v) is 1.52. The molecule has 1 aliphatic heterocycles. The molecular formula is C10H18F3NO. The smallest absolute Gasteiger partial charge is 0.343 e. The molecule has 2 nitrogen and oxygen atoms in total. The average molecular weight is 225 g/mol. The summed E-state index contributed by atoms with van der Waals surface area (Å²) in [5, 5.41) is 0. The standard InChI is InChI=1S/C8H12F3NO.C2H6/c1-6(13)12-4-2-7(3-5-12)8(9,10)11;1-2/h7H,2-5H2,1H3;1-2H3. The van der Waals surface area contributed by atoms with E-state index in [1.165, 1.54) is 11.8 Å². The summed E-state index contributed by atoms with van der Waals surface area (Å²) in [5.41, 5.74) is 0. The van der Waals surface area contributed by atoms with E-state index < -0.39 is 12.1 Å². The zero-order valence-corrected chi connectivity index (χ0v) is 9.40. The van der Waals surface area contributed by atoms with Crippen molar-refractivity contribution in [3.63, 3.8) is 0 Å². The summed E-state index contributed by atoms with van der Waals surface area (Å²) < 4.78 is 36.5. The Morgan fingerprint density at radius 3 is 1.87 bits per heavy atom.